The third-order valence-electron chi connectivity index (χ3n) is 4.20. The molecule has 1 unspecified atom stereocenters. The van der Waals surface area contributed by atoms with Gasteiger partial charge < -0.3 is 9.84 Å². The Balaban J connectivity index is 1.73. The number of aliphatic hydroxyl groups is 1. The molecule has 8 heteroatoms. The molecule has 1 fully saturated rings. The molecule has 1 aromatic carbocycles. The summed E-state index contributed by atoms with van der Waals surface area (Å²) in [7, 11) is 0. The van der Waals surface area contributed by atoms with Gasteiger partial charge in [-0.1, -0.05) is 23.4 Å². The Kier molecular flexibility index (Phi) is 3.62. The summed E-state index contributed by atoms with van der Waals surface area (Å²) in [5.74, 6) is 0. The number of benzene rings is 1. The molecule has 0 bridgehead atoms. The first kappa shape index (κ1) is 15.0. The molecular formula is C16H17N5O3. The van der Waals surface area contributed by atoms with Gasteiger partial charge >= 0.3 is 0 Å². The van der Waals surface area contributed by atoms with Gasteiger partial charge in [0, 0.05) is 6.61 Å². The SMILES string of the molecule is O=c1c2nnn(-c3ccccc3)c2ncn1CC1(O)CCCOC1. The van der Waals surface area contributed by atoms with Crippen LogP contribution in [0, 0.1) is 0 Å². The van der Waals surface area contributed by atoms with Crippen molar-refractivity contribution in [3.8, 4) is 5.69 Å². The average Bonchev–Trinajstić information content (AvgIpc) is 3.03. The van der Waals surface area contributed by atoms with E-state index in [0.29, 0.717) is 18.7 Å². The number of aromatic nitrogens is 5. The molecule has 124 valence electrons. The fraction of sp³-hybridized carbons (Fsp3) is 0.375. The van der Waals surface area contributed by atoms with E-state index in [1.165, 1.54) is 15.6 Å². The van der Waals surface area contributed by atoms with Gasteiger partial charge in [-0.2, -0.15) is 4.68 Å². The Labute approximate surface area is 137 Å². The number of para-hydroxylation sites is 1. The summed E-state index contributed by atoms with van der Waals surface area (Å²) in [4.78, 5) is 17.0. The predicted molar refractivity (Wildman–Crippen MR) is 85.9 cm³/mol. The first-order chi connectivity index (χ1) is 11.7. The van der Waals surface area contributed by atoms with Crippen LogP contribution < -0.4 is 5.56 Å². The minimum absolute atomic E-state index is 0.132. The number of hydrogen-bond donors (Lipinski definition) is 1. The van der Waals surface area contributed by atoms with Crippen molar-refractivity contribution in [2.24, 2.45) is 0 Å². The summed E-state index contributed by atoms with van der Waals surface area (Å²) in [6.45, 7) is 0.987. The van der Waals surface area contributed by atoms with Crippen LogP contribution in [0.1, 0.15) is 12.8 Å². The van der Waals surface area contributed by atoms with Gasteiger partial charge in [0.25, 0.3) is 5.56 Å². The van der Waals surface area contributed by atoms with E-state index < -0.39 is 5.60 Å². The Hall–Kier alpha value is -2.58. The second-order valence-corrected chi connectivity index (χ2v) is 6.07. The summed E-state index contributed by atoms with van der Waals surface area (Å²) >= 11 is 0. The van der Waals surface area contributed by atoms with Gasteiger partial charge in [-0.3, -0.25) is 9.36 Å². The summed E-state index contributed by atoms with van der Waals surface area (Å²) in [6.07, 6.45) is 2.79. The van der Waals surface area contributed by atoms with Crippen molar-refractivity contribution < 1.29 is 9.84 Å². The minimum Gasteiger partial charge on any atom is -0.386 e. The highest BCUT2D eigenvalue weighted by Crippen LogP contribution is 2.20. The molecule has 0 saturated carbocycles. The van der Waals surface area contributed by atoms with Gasteiger partial charge in [0.2, 0.25) is 0 Å². The van der Waals surface area contributed by atoms with Crippen LogP contribution in [0.25, 0.3) is 16.9 Å². The van der Waals surface area contributed by atoms with Crippen molar-refractivity contribution in [1.82, 2.24) is 24.5 Å². The summed E-state index contributed by atoms with van der Waals surface area (Å²) < 4.78 is 8.23. The maximum Gasteiger partial charge on any atom is 0.283 e. The molecule has 1 atom stereocenters. The fourth-order valence-corrected chi connectivity index (χ4v) is 2.98. The van der Waals surface area contributed by atoms with Crippen molar-refractivity contribution in [2.45, 2.75) is 25.0 Å². The second-order valence-electron chi connectivity index (χ2n) is 6.07. The summed E-state index contributed by atoms with van der Waals surface area (Å²) in [5.41, 5.74) is -0.00602. The molecule has 3 aromatic rings. The van der Waals surface area contributed by atoms with Crippen molar-refractivity contribution in [2.75, 3.05) is 13.2 Å². The van der Waals surface area contributed by atoms with Crippen molar-refractivity contribution >= 4 is 11.2 Å². The van der Waals surface area contributed by atoms with Gasteiger partial charge in [-0.25, -0.2) is 4.98 Å². The van der Waals surface area contributed by atoms with E-state index in [1.54, 1.807) is 0 Å². The molecule has 2 aromatic heterocycles. The lowest BCUT2D eigenvalue weighted by Gasteiger charge is -2.32. The number of rotatable bonds is 3. The first-order valence-corrected chi connectivity index (χ1v) is 7.83. The monoisotopic (exact) mass is 327 g/mol. The molecule has 0 radical (unpaired) electrons. The Morgan fingerprint density at radius 1 is 1.29 bits per heavy atom. The Morgan fingerprint density at radius 3 is 2.88 bits per heavy atom. The van der Waals surface area contributed by atoms with Crippen LogP contribution in [-0.4, -0.2) is 48.5 Å². The first-order valence-electron chi connectivity index (χ1n) is 7.83. The lowest BCUT2D eigenvalue weighted by atomic mass is 9.97. The smallest absolute Gasteiger partial charge is 0.283 e. The molecule has 0 amide bonds. The van der Waals surface area contributed by atoms with Gasteiger partial charge in [0.05, 0.1) is 18.8 Å². The van der Waals surface area contributed by atoms with E-state index in [2.05, 4.69) is 15.3 Å². The number of fused-ring (bicyclic) bond motifs is 1. The van der Waals surface area contributed by atoms with Crippen LogP contribution in [0.15, 0.2) is 41.5 Å². The summed E-state index contributed by atoms with van der Waals surface area (Å²) in [6, 6.07) is 9.38. The molecular weight excluding hydrogens is 310 g/mol. The van der Waals surface area contributed by atoms with Gasteiger partial charge in [-0.05, 0) is 25.0 Å². The number of nitrogens with zero attached hydrogens (tertiary/aromatic N) is 5. The molecule has 1 aliphatic rings. The normalized spacial score (nSPS) is 21.2. The van der Waals surface area contributed by atoms with Crippen LogP contribution in [-0.2, 0) is 11.3 Å². The van der Waals surface area contributed by atoms with Crippen LogP contribution >= 0.6 is 0 Å². The summed E-state index contributed by atoms with van der Waals surface area (Å²) in [5, 5.41) is 18.6. The van der Waals surface area contributed by atoms with E-state index in [0.717, 1.165) is 12.1 Å². The maximum atomic E-state index is 12.6. The van der Waals surface area contributed by atoms with E-state index >= 15 is 0 Å². The standard InChI is InChI=1S/C16H17N5O3/c22-15-13-14(21(19-18-13)12-5-2-1-3-6-12)17-11-20(15)9-16(23)7-4-8-24-10-16/h1-3,5-6,11,23H,4,7-10H2. The molecule has 3 heterocycles. The third kappa shape index (κ3) is 2.59. The highest BCUT2D eigenvalue weighted by molar-refractivity contribution is 5.70. The molecule has 8 nitrogen and oxygen atoms in total. The topological polar surface area (TPSA) is 95.1 Å². The molecule has 1 saturated heterocycles. The van der Waals surface area contributed by atoms with Crippen molar-refractivity contribution in [3.05, 3.63) is 47.0 Å². The van der Waals surface area contributed by atoms with E-state index in [4.69, 9.17) is 4.74 Å². The van der Waals surface area contributed by atoms with Gasteiger partial charge in [0.1, 0.15) is 11.9 Å². The predicted octanol–water partition coefficient (Wildman–Crippen LogP) is 0.519. The van der Waals surface area contributed by atoms with E-state index in [9.17, 15) is 9.90 Å². The maximum absolute atomic E-state index is 12.6. The minimum atomic E-state index is -1.05. The Bertz CT molecular complexity index is 912. The quantitative estimate of drug-likeness (QED) is 0.753. The van der Waals surface area contributed by atoms with Crippen LogP contribution in [0.2, 0.25) is 0 Å². The lowest BCUT2D eigenvalue weighted by molar-refractivity contribution is -0.0947. The van der Waals surface area contributed by atoms with E-state index in [-0.39, 0.29) is 24.2 Å². The molecule has 24 heavy (non-hydrogen) atoms. The van der Waals surface area contributed by atoms with E-state index in [1.807, 2.05) is 30.3 Å². The van der Waals surface area contributed by atoms with Crippen molar-refractivity contribution in [3.63, 3.8) is 0 Å². The molecule has 1 aliphatic heterocycles. The van der Waals surface area contributed by atoms with Crippen LogP contribution in [0.4, 0.5) is 0 Å². The second kappa shape index (κ2) is 5.81. The highest BCUT2D eigenvalue weighted by Gasteiger charge is 2.31. The fourth-order valence-electron chi connectivity index (χ4n) is 2.98. The number of ether oxygens (including phenoxy) is 1. The molecule has 4 rings (SSSR count). The molecule has 1 N–H and O–H groups in total. The van der Waals surface area contributed by atoms with Crippen LogP contribution in [0.5, 0.6) is 0 Å². The average molecular weight is 327 g/mol. The highest BCUT2D eigenvalue weighted by atomic mass is 16.5. The Morgan fingerprint density at radius 2 is 2.12 bits per heavy atom. The van der Waals surface area contributed by atoms with Crippen LogP contribution in [0.3, 0.4) is 0 Å². The number of hydrogen-bond acceptors (Lipinski definition) is 6. The zero-order chi connectivity index (χ0) is 16.6. The lowest BCUT2D eigenvalue weighted by Crippen LogP contribution is -2.44. The van der Waals surface area contributed by atoms with Gasteiger partial charge in [-0.15, -0.1) is 5.10 Å². The van der Waals surface area contributed by atoms with Crippen molar-refractivity contribution in [1.29, 1.82) is 0 Å². The molecule has 0 aliphatic carbocycles. The van der Waals surface area contributed by atoms with Gasteiger partial charge in [0.15, 0.2) is 11.2 Å². The third-order valence-corrected chi connectivity index (χ3v) is 4.20. The molecule has 0 spiro atoms. The largest absolute Gasteiger partial charge is 0.386 e. The zero-order valence-corrected chi connectivity index (χ0v) is 13.0. The zero-order valence-electron chi connectivity index (χ0n) is 13.0.